The van der Waals surface area contributed by atoms with Crippen LogP contribution in [0.4, 0.5) is 0 Å². The van der Waals surface area contributed by atoms with Gasteiger partial charge in [-0.15, -0.1) is 12.3 Å². The number of hydrogen-bond acceptors (Lipinski definition) is 1. The van der Waals surface area contributed by atoms with Crippen LogP contribution in [-0.2, 0) is 0 Å². The maximum absolute atomic E-state index is 3.94. The highest BCUT2D eigenvalue weighted by Crippen LogP contribution is 2.13. The number of nitrogens with one attached hydrogen (secondary N) is 1. The zero-order valence-corrected chi connectivity index (χ0v) is 14.7. The third-order valence-electron chi connectivity index (χ3n) is 3.26. The van der Waals surface area contributed by atoms with Crippen LogP contribution in [0.3, 0.4) is 0 Å². The van der Waals surface area contributed by atoms with Gasteiger partial charge in [0.05, 0.1) is 8.07 Å². The first-order chi connectivity index (χ1) is 7.77. The highest BCUT2D eigenvalue weighted by molar-refractivity contribution is 6.82. The Labute approximate surface area is 111 Å². The first-order valence-corrected chi connectivity index (χ1v) is 14.1. The summed E-state index contributed by atoms with van der Waals surface area (Å²) in [7, 11) is -1.84. The van der Waals surface area contributed by atoms with Crippen LogP contribution in [0.2, 0.25) is 44.8 Å². The van der Waals surface area contributed by atoms with Crippen LogP contribution < -0.4 is 5.32 Å². The van der Waals surface area contributed by atoms with Crippen molar-refractivity contribution in [3.63, 3.8) is 0 Å². The van der Waals surface area contributed by atoms with Crippen LogP contribution in [0.25, 0.3) is 0 Å². The lowest BCUT2D eigenvalue weighted by Crippen LogP contribution is -2.25. The summed E-state index contributed by atoms with van der Waals surface area (Å²) >= 11 is 0. The summed E-state index contributed by atoms with van der Waals surface area (Å²) in [6, 6.07) is 2.85. The van der Waals surface area contributed by atoms with Crippen LogP contribution in [0, 0.1) is 0 Å². The van der Waals surface area contributed by atoms with E-state index in [1.807, 2.05) is 0 Å². The monoisotopic (exact) mass is 271 g/mol. The summed E-state index contributed by atoms with van der Waals surface area (Å²) in [6.45, 7) is 18.5. The third kappa shape index (κ3) is 12.4. The molecule has 0 saturated carbocycles. The zero-order chi connectivity index (χ0) is 13.4. The van der Waals surface area contributed by atoms with Gasteiger partial charge in [-0.05, 0) is 25.9 Å². The predicted molar refractivity (Wildman–Crippen MR) is 87.4 cm³/mol. The summed E-state index contributed by atoms with van der Waals surface area (Å²) in [6.07, 6.45) is 4.08. The molecule has 0 aliphatic rings. The van der Waals surface area contributed by atoms with E-state index in [0.29, 0.717) is 0 Å². The molecule has 0 radical (unpaired) electrons. The topological polar surface area (TPSA) is 12.0 Å². The van der Waals surface area contributed by atoms with E-state index >= 15 is 0 Å². The molecule has 0 bridgehead atoms. The van der Waals surface area contributed by atoms with E-state index in [2.05, 4.69) is 50.3 Å². The van der Waals surface area contributed by atoms with Gasteiger partial charge < -0.3 is 5.32 Å². The van der Waals surface area contributed by atoms with Crippen LogP contribution in [-0.4, -0.2) is 29.2 Å². The molecule has 0 amide bonds. The summed E-state index contributed by atoms with van der Waals surface area (Å²) < 4.78 is 0. The van der Waals surface area contributed by atoms with Gasteiger partial charge in [0.1, 0.15) is 0 Å². The molecule has 0 fully saturated rings. The molecule has 0 aliphatic heterocycles. The van der Waals surface area contributed by atoms with Crippen molar-refractivity contribution in [2.24, 2.45) is 0 Å². The number of unbranched alkanes of at least 4 members (excludes halogenated alkanes) is 1. The fraction of sp³-hybridized carbons (Fsp3) is 0.857. The molecule has 3 heteroatoms. The van der Waals surface area contributed by atoms with Gasteiger partial charge in [0.2, 0.25) is 0 Å². The Morgan fingerprint density at radius 2 is 1.47 bits per heavy atom. The average Bonchev–Trinajstić information content (AvgIpc) is 2.20. The SMILES string of the molecule is C=C[Si](C)(C)CCCNCCCC[Si](C)(C)C. The second kappa shape index (κ2) is 8.27. The van der Waals surface area contributed by atoms with Crippen LogP contribution in [0.1, 0.15) is 19.3 Å². The molecule has 102 valence electrons. The van der Waals surface area contributed by atoms with E-state index < -0.39 is 16.1 Å². The van der Waals surface area contributed by atoms with Crippen molar-refractivity contribution in [2.75, 3.05) is 13.1 Å². The Morgan fingerprint density at radius 3 is 2.00 bits per heavy atom. The average molecular weight is 272 g/mol. The Hall–Kier alpha value is 0.134. The third-order valence-corrected chi connectivity index (χ3v) is 7.86. The molecule has 0 spiro atoms. The van der Waals surface area contributed by atoms with Gasteiger partial charge in [-0.3, -0.25) is 0 Å². The van der Waals surface area contributed by atoms with Gasteiger partial charge >= 0.3 is 0 Å². The van der Waals surface area contributed by atoms with E-state index in [1.165, 1.54) is 44.4 Å². The molecular formula is C14H33NSi2. The second-order valence-corrected chi connectivity index (χ2v) is 17.6. The van der Waals surface area contributed by atoms with E-state index in [1.54, 1.807) is 0 Å². The van der Waals surface area contributed by atoms with Gasteiger partial charge in [-0.25, -0.2) is 0 Å². The van der Waals surface area contributed by atoms with Crippen molar-refractivity contribution < 1.29 is 0 Å². The van der Waals surface area contributed by atoms with Crippen molar-refractivity contribution in [3.05, 3.63) is 12.3 Å². The zero-order valence-electron chi connectivity index (χ0n) is 12.7. The molecule has 0 aromatic rings. The van der Waals surface area contributed by atoms with Crippen molar-refractivity contribution in [1.29, 1.82) is 0 Å². The van der Waals surface area contributed by atoms with Gasteiger partial charge in [0.25, 0.3) is 0 Å². The number of hydrogen-bond donors (Lipinski definition) is 1. The van der Waals surface area contributed by atoms with Crippen LogP contribution in [0.5, 0.6) is 0 Å². The molecule has 0 aromatic heterocycles. The molecule has 0 rings (SSSR count). The smallest absolute Gasteiger partial charge is 0.0710 e. The normalized spacial score (nSPS) is 12.8. The number of rotatable bonds is 10. The molecular weight excluding hydrogens is 238 g/mol. The minimum absolute atomic E-state index is 0.796. The Bertz CT molecular complexity index is 207. The first-order valence-electron chi connectivity index (χ1n) is 7.11. The Morgan fingerprint density at radius 1 is 0.882 bits per heavy atom. The molecule has 0 aliphatic carbocycles. The highest BCUT2D eigenvalue weighted by atomic mass is 28.3. The molecule has 0 saturated heterocycles. The molecule has 0 unspecified atom stereocenters. The summed E-state index contributed by atoms with van der Waals surface area (Å²) in [5.41, 5.74) is 2.21. The van der Waals surface area contributed by atoms with Gasteiger partial charge in [0.15, 0.2) is 0 Å². The highest BCUT2D eigenvalue weighted by Gasteiger charge is 2.14. The molecule has 17 heavy (non-hydrogen) atoms. The standard InChI is InChI=1S/C14H33NSi2/c1-7-17(5,6)14-10-12-15-11-8-9-13-16(2,3)4/h7,15H,1,8-14H2,2-6H3. The lowest BCUT2D eigenvalue weighted by molar-refractivity contribution is 0.629. The fourth-order valence-electron chi connectivity index (χ4n) is 1.80. The van der Waals surface area contributed by atoms with Crippen LogP contribution in [0.15, 0.2) is 12.3 Å². The van der Waals surface area contributed by atoms with Crippen molar-refractivity contribution in [1.82, 2.24) is 5.32 Å². The van der Waals surface area contributed by atoms with E-state index in [-0.39, 0.29) is 0 Å². The minimum Gasteiger partial charge on any atom is -0.317 e. The van der Waals surface area contributed by atoms with E-state index in [0.717, 1.165) is 0 Å². The van der Waals surface area contributed by atoms with Crippen molar-refractivity contribution >= 4 is 16.1 Å². The maximum atomic E-state index is 3.94. The summed E-state index contributed by atoms with van der Waals surface area (Å²) in [4.78, 5) is 0. The summed E-state index contributed by atoms with van der Waals surface area (Å²) in [5.74, 6) is 0. The quantitative estimate of drug-likeness (QED) is 0.455. The minimum atomic E-state index is -1.05. The Kier molecular flexibility index (Phi) is 8.34. The lowest BCUT2D eigenvalue weighted by Gasteiger charge is -2.17. The largest absolute Gasteiger partial charge is 0.317 e. The maximum Gasteiger partial charge on any atom is 0.0710 e. The summed E-state index contributed by atoms with van der Waals surface area (Å²) in [5, 5.41) is 3.57. The fourth-order valence-corrected chi connectivity index (χ4v) is 4.40. The first kappa shape index (κ1) is 17.1. The molecule has 0 aromatic carbocycles. The Balaban J connectivity index is 3.28. The van der Waals surface area contributed by atoms with Gasteiger partial charge in [-0.2, -0.15) is 0 Å². The lowest BCUT2D eigenvalue weighted by atomic mass is 10.3. The second-order valence-electron chi connectivity index (χ2n) is 7.06. The molecule has 0 heterocycles. The van der Waals surface area contributed by atoms with Gasteiger partial charge in [0, 0.05) is 8.07 Å². The molecule has 0 atom stereocenters. The van der Waals surface area contributed by atoms with E-state index in [9.17, 15) is 0 Å². The van der Waals surface area contributed by atoms with Crippen LogP contribution >= 0.6 is 0 Å². The molecule has 1 nitrogen and oxygen atoms in total. The predicted octanol–water partition coefficient (Wildman–Crippen LogP) is 4.52. The van der Waals surface area contributed by atoms with E-state index in [4.69, 9.17) is 0 Å². The molecule has 1 N–H and O–H groups in total. The van der Waals surface area contributed by atoms with Gasteiger partial charge in [-0.1, -0.05) is 51.2 Å². The van der Waals surface area contributed by atoms with Crippen molar-refractivity contribution in [2.45, 2.75) is 64.1 Å². The van der Waals surface area contributed by atoms with Crippen molar-refractivity contribution in [3.8, 4) is 0 Å².